The smallest absolute Gasteiger partial charge is 0.265 e. The summed E-state index contributed by atoms with van der Waals surface area (Å²) in [5.74, 6) is 0.253. The van der Waals surface area contributed by atoms with Crippen LogP contribution in [0.4, 0.5) is 11.4 Å². The molecule has 5 nitrogen and oxygen atoms in total. The van der Waals surface area contributed by atoms with E-state index >= 15 is 0 Å². The van der Waals surface area contributed by atoms with Crippen LogP contribution in [0, 0.1) is 0 Å². The van der Waals surface area contributed by atoms with Crippen molar-refractivity contribution in [3.05, 3.63) is 47.5 Å². The Labute approximate surface area is 160 Å². The number of hydrogen-bond donors (Lipinski definition) is 1. The van der Waals surface area contributed by atoms with Gasteiger partial charge in [-0.25, -0.2) is 8.42 Å². The van der Waals surface area contributed by atoms with Crippen molar-refractivity contribution < 1.29 is 13.2 Å². The first-order valence-corrected chi connectivity index (χ1v) is 10.6. The van der Waals surface area contributed by atoms with E-state index in [-0.39, 0.29) is 10.6 Å². The van der Waals surface area contributed by atoms with Crippen LogP contribution in [0.25, 0.3) is 0 Å². The van der Waals surface area contributed by atoms with E-state index < -0.39 is 10.0 Å². The molecule has 1 aliphatic heterocycles. The number of hydrogen-bond acceptors (Lipinski definition) is 4. The Bertz CT molecular complexity index is 846. The third-order valence-corrected chi connectivity index (χ3v) is 6.14. The van der Waals surface area contributed by atoms with Crippen LogP contribution in [0.3, 0.4) is 0 Å². The second kappa shape index (κ2) is 8.18. The Morgan fingerprint density at radius 1 is 1.00 bits per heavy atom. The fourth-order valence-electron chi connectivity index (χ4n) is 3.14. The van der Waals surface area contributed by atoms with Crippen molar-refractivity contribution in [2.45, 2.75) is 30.6 Å². The molecule has 0 aromatic heterocycles. The van der Waals surface area contributed by atoms with E-state index in [1.807, 2.05) is 12.1 Å². The zero-order chi connectivity index (χ0) is 18.6. The predicted molar refractivity (Wildman–Crippen MR) is 106 cm³/mol. The summed E-state index contributed by atoms with van der Waals surface area (Å²) in [6.07, 6.45) is 4.94. The average Bonchev–Trinajstić information content (AvgIpc) is 2.91. The van der Waals surface area contributed by atoms with Gasteiger partial charge in [0, 0.05) is 29.5 Å². The molecule has 2 aromatic rings. The minimum Gasteiger partial charge on any atom is -0.495 e. The number of rotatable bonds is 5. The third kappa shape index (κ3) is 4.43. The monoisotopic (exact) mass is 394 g/mol. The molecule has 1 heterocycles. The van der Waals surface area contributed by atoms with Crippen LogP contribution in [-0.2, 0) is 10.0 Å². The zero-order valence-electron chi connectivity index (χ0n) is 14.7. The lowest BCUT2D eigenvalue weighted by atomic mass is 10.2. The highest BCUT2D eigenvalue weighted by molar-refractivity contribution is 7.92. The van der Waals surface area contributed by atoms with Crippen molar-refractivity contribution in [2.75, 3.05) is 29.8 Å². The lowest BCUT2D eigenvalue weighted by Gasteiger charge is -2.23. The molecule has 0 amide bonds. The first-order chi connectivity index (χ1) is 12.5. The summed E-state index contributed by atoms with van der Waals surface area (Å²) in [5, 5.41) is 0.336. The van der Waals surface area contributed by atoms with Gasteiger partial charge in [-0.2, -0.15) is 0 Å². The third-order valence-electron chi connectivity index (χ3n) is 4.51. The quantitative estimate of drug-likeness (QED) is 0.809. The minimum atomic E-state index is -3.80. The summed E-state index contributed by atoms with van der Waals surface area (Å²) in [7, 11) is -2.37. The van der Waals surface area contributed by atoms with Gasteiger partial charge in [0.05, 0.1) is 7.11 Å². The second-order valence-corrected chi connectivity index (χ2v) is 8.44. The zero-order valence-corrected chi connectivity index (χ0v) is 16.3. The minimum absolute atomic E-state index is 0.0177. The molecular formula is C19H23ClN2O3S. The summed E-state index contributed by atoms with van der Waals surface area (Å²) >= 11 is 5.95. The molecule has 7 heteroatoms. The number of nitrogens with one attached hydrogen (secondary N) is 1. The Hall–Kier alpha value is -1.92. The van der Waals surface area contributed by atoms with Crippen molar-refractivity contribution in [3.8, 4) is 5.75 Å². The molecule has 140 valence electrons. The summed E-state index contributed by atoms with van der Waals surface area (Å²) < 4.78 is 33.2. The molecule has 0 radical (unpaired) electrons. The van der Waals surface area contributed by atoms with Gasteiger partial charge in [0.2, 0.25) is 0 Å². The highest BCUT2D eigenvalue weighted by Gasteiger charge is 2.20. The van der Waals surface area contributed by atoms with Crippen LogP contribution in [0.15, 0.2) is 47.4 Å². The summed E-state index contributed by atoms with van der Waals surface area (Å²) in [4.78, 5) is 2.37. The van der Waals surface area contributed by atoms with E-state index in [1.54, 1.807) is 24.3 Å². The number of sulfonamides is 1. The maximum absolute atomic E-state index is 12.7. The van der Waals surface area contributed by atoms with Crippen LogP contribution in [0.1, 0.15) is 25.7 Å². The number of methoxy groups -OCH3 is 1. The highest BCUT2D eigenvalue weighted by atomic mass is 35.5. The van der Waals surface area contributed by atoms with Gasteiger partial charge < -0.3 is 9.64 Å². The van der Waals surface area contributed by atoms with Gasteiger partial charge in [-0.3, -0.25) is 4.72 Å². The lowest BCUT2D eigenvalue weighted by molar-refractivity contribution is 0.403. The molecule has 26 heavy (non-hydrogen) atoms. The van der Waals surface area contributed by atoms with Crippen molar-refractivity contribution in [2.24, 2.45) is 0 Å². The molecule has 0 bridgehead atoms. The van der Waals surface area contributed by atoms with E-state index in [0.717, 1.165) is 18.8 Å². The fraction of sp³-hybridized carbons (Fsp3) is 0.368. The number of ether oxygens (including phenoxy) is 1. The summed E-state index contributed by atoms with van der Waals surface area (Å²) in [6.45, 7) is 2.09. The van der Waals surface area contributed by atoms with Gasteiger partial charge in [-0.1, -0.05) is 24.4 Å². The van der Waals surface area contributed by atoms with Crippen LogP contribution >= 0.6 is 11.6 Å². The van der Waals surface area contributed by atoms with E-state index in [9.17, 15) is 8.42 Å². The van der Waals surface area contributed by atoms with E-state index in [4.69, 9.17) is 16.3 Å². The Balaban J connectivity index is 1.79. The van der Waals surface area contributed by atoms with Gasteiger partial charge in [0.1, 0.15) is 10.6 Å². The van der Waals surface area contributed by atoms with E-state index in [0.29, 0.717) is 10.7 Å². The number of benzene rings is 2. The molecule has 0 atom stereocenters. The van der Waals surface area contributed by atoms with Crippen LogP contribution in [0.2, 0.25) is 5.02 Å². The topological polar surface area (TPSA) is 58.6 Å². The van der Waals surface area contributed by atoms with Crippen LogP contribution < -0.4 is 14.4 Å². The Morgan fingerprint density at radius 2 is 1.65 bits per heavy atom. The first kappa shape index (κ1) is 18.9. The maximum Gasteiger partial charge on any atom is 0.265 e. The highest BCUT2D eigenvalue weighted by Crippen LogP contribution is 2.29. The van der Waals surface area contributed by atoms with E-state index in [2.05, 4.69) is 9.62 Å². The van der Waals surface area contributed by atoms with Gasteiger partial charge in [-0.05, 0) is 55.3 Å². The van der Waals surface area contributed by atoms with Crippen LogP contribution in [0.5, 0.6) is 5.75 Å². The molecule has 0 saturated carbocycles. The Morgan fingerprint density at radius 3 is 2.27 bits per heavy atom. The fourth-order valence-corrected chi connectivity index (χ4v) is 4.63. The largest absolute Gasteiger partial charge is 0.495 e. The molecule has 1 aliphatic rings. The Kier molecular flexibility index (Phi) is 5.94. The number of anilines is 2. The molecular weight excluding hydrogens is 372 g/mol. The normalized spacial score (nSPS) is 15.4. The first-order valence-electron chi connectivity index (χ1n) is 8.71. The van der Waals surface area contributed by atoms with Crippen molar-refractivity contribution in [1.82, 2.24) is 0 Å². The predicted octanol–water partition coefficient (Wildman–Crippen LogP) is 4.53. The molecule has 0 aliphatic carbocycles. The number of halogens is 1. The average molecular weight is 395 g/mol. The molecule has 2 aromatic carbocycles. The van der Waals surface area contributed by atoms with Crippen molar-refractivity contribution >= 4 is 33.0 Å². The van der Waals surface area contributed by atoms with Crippen molar-refractivity contribution in [3.63, 3.8) is 0 Å². The lowest BCUT2D eigenvalue weighted by Crippen LogP contribution is -2.23. The molecule has 3 rings (SSSR count). The molecule has 1 N–H and O–H groups in total. The van der Waals surface area contributed by atoms with Gasteiger partial charge in [-0.15, -0.1) is 0 Å². The van der Waals surface area contributed by atoms with Gasteiger partial charge >= 0.3 is 0 Å². The van der Waals surface area contributed by atoms with E-state index in [1.165, 1.54) is 38.9 Å². The molecule has 0 spiro atoms. The SMILES string of the molecule is COc1ccc(Cl)cc1S(=O)(=O)Nc1ccc(N2CCCCCC2)cc1. The molecule has 0 unspecified atom stereocenters. The van der Waals surface area contributed by atoms with Crippen LogP contribution in [-0.4, -0.2) is 28.6 Å². The van der Waals surface area contributed by atoms with Gasteiger partial charge in [0.25, 0.3) is 10.0 Å². The maximum atomic E-state index is 12.7. The van der Waals surface area contributed by atoms with Crippen molar-refractivity contribution in [1.29, 1.82) is 0 Å². The number of nitrogens with zero attached hydrogens (tertiary/aromatic N) is 1. The summed E-state index contributed by atoms with van der Waals surface area (Å²) in [6, 6.07) is 12.0. The molecule has 1 fully saturated rings. The summed E-state index contributed by atoms with van der Waals surface area (Å²) in [5.41, 5.74) is 1.63. The van der Waals surface area contributed by atoms with Gasteiger partial charge in [0.15, 0.2) is 0 Å². The second-order valence-electron chi connectivity index (χ2n) is 6.35. The molecule has 1 saturated heterocycles. The standard InChI is InChI=1S/C19H23ClN2O3S/c1-25-18-11-6-15(20)14-19(18)26(23,24)21-16-7-9-17(10-8-16)22-12-4-2-3-5-13-22/h6-11,14,21H,2-5,12-13H2,1H3.